The Kier molecular flexibility index (Phi) is 4.18. The van der Waals surface area contributed by atoms with Crippen LogP contribution in [0.15, 0.2) is 53.2 Å². The number of fused-ring (bicyclic) bond motifs is 1. The largest absolute Gasteiger partial charge is 0.489 e. The Balaban J connectivity index is 2.42. The Labute approximate surface area is 112 Å². The van der Waals surface area contributed by atoms with Crippen molar-refractivity contribution in [1.82, 2.24) is 0 Å². The third kappa shape index (κ3) is 3.13. The van der Waals surface area contributed by atoms with Crippen molar-refractivity contribution in [2.45, 2.75) is 13.8 Å². The summed E-state index contributed by atoms with van der Waals surface area (Å²) in [6.45, 7) is 4.56. The SMILES string of the molecule is CC(C)=CCOc1ccc2ccccc2c1/C=N/O. The summed E-state index contributed by atoms with van der Waals surface area (Å²) in [6, 6.07) is 11.8. The molecule has 2 aromatic carbocycles. The van der Waals surface area contributed by atoms with Crippen LogP contribution in [0.25, 0.3) is 10.8 Å². The number of hydrogen-bond acceptors (Lipinski definition) is 3. The average Bonchev–Trinajstić information content (AvgIpc) is 2.41. The summed E-state index contributed by atoms with van der Waals surface area (Å²) in [5.41, 5.74) is 2.00. The van der Waals surface area contributed by atoms with Gasteiger partial charge < -0.3 is 9.94 Å². The summed E-state index contributed by atoms with van der Waals surface area (Å²) in [7, 11) is 0. The van der Waals surface area contributed by atoms with Gasteiger partial charge in [0.1, 0.15) is 12.4 Å². The van der Waals surface area contributed by atoms with Crippen molar-refractivity contribution in [1.29, 1.82) is 0 Å². The van der Waals surface area contributed by atoms with Crippen LogP contribution in [0.1, 0.15) is 19.4 Å². The highest BCUT2D eigenvalue weighted by Gasteiger charge is 2.06. The number of benzene rings is 2. The van der Waals surface area contributed by atoms with Crippen molar-refractivity contribution >= 4 is 17.0 Å². The molecule has 3 heteroatoms. The standard InChI is InChI=1S/C16H17NO2/c1-12(2)9-10-19-16-8-7-13-5-3-4-6-14(13)15(16)11-17-18/h3-9,11,18H,10H2,1-2H3/b17-11+. The smallest absolute Gasteiger partial charge is 0.129 e. The molecule has 0 aliphatic rings. The molecule has 0 saturated carbocycles. The van der Waals surface area contributed by atoms with E-state index in [0.717, 1.165) is 16.3 Å². The zero-order valence-corrected chi connectivity index (χ0v) is 11.1. The van der Waals surface area contributed by atoms with E-state index >= 15 is 0 Å². The van der Waals surface area contributed by atoms with Gasteiger partial charge in [-0.1, -0.05) is 41.1 Å². The van der Waals surface area contributed by atoms with Gasteiger partial charge in [0.2, 0.25) is 0 Å². The topological polar surface area (TPSA) is 41.8 Å². The van der Waals surface area contributed by atoms with Gasteiger partial charge in [0, 0.05) is 5.56 Å². The van der Waals surface area contributed by atoms with Crippen LogP contribution in [0.5, 0.6) is 5.75 Å². The first kappa shape index (κ1) is 13.1. The van der Waals surface area contributed by atoms with Gasteiger partial charge in [0.05, 0.1) is 6.21 Å². The molecule has 0 bridgehead atoms. The normalized spacial score (nSPS) is 10.8. The average molecular weight is 255 g/mol. The zero-order chi connectivity index (χ0) is 13.7. The highest BCUT2D eigenvalue weighted by Crippen LogP contribution is 2.26. The Morgan fingerprint density at radius 2 is 2.00 bits per heavy atom. The van der Waals surface area contributed by atoms with Gasteiger partial charge in [-0.25, -0.2) is 0 Å². The maximum Gasteiger partial charge on any atom is 0.129 e. The number of nitrogens with zero attached hydrogens (tertiary/aromatic N) is 1. The van der Waals surface area contributed by atoms with Crippen molar-refractivity contribution in [2.24, 2.45) is 5.16 Å². The molecule has 0 aliphatic carbocycles. The van der Waals surface area contributed by atoms with Crippen LogP contribution in [0, 0.1) is 0 Å². The molecule has 2 rings (SSSR count). The zero-order valence-electron chi connectivity index (χ0n) is 11.1. The highest BCUT2D eigenvalue weighted by atomic mass is 16.5. The molecule has 0 heterocycles. The monoisotopic (exact) mass is 255 g/mol. The minimum Gasteiger partial charge on any atom is -0.489 e. The molecule has 0 atom stereocenters. The van der Waals surface area contributed by atoms with Gasteiger partial charge in [0.25, 0.3) is 0 Å². The quantitative estimate of drug-likeness (QED) is 0.388. The van der Waals surface area contributed by atoms with E-state index in [1.807, 2.05) is 56.3 Å². The maximum absolute atomic E-state index is 8.82. The fourth-order valence-electron chi connectivity index (χ4n) is 1.89. The molecule has 0 unspecified atom stereocenters. The van der Waals surface area contributed by atoms with Gasteiger partial charge in [-0.3, -0.25) is 0 Å². The Morgan fingerprint density at radius 1 is 1.21 bits per heavy atom. The van der Waals surface area contributed by atoms with Crippen LogP contribution in [0.3, 0.4) is 0 Å². The van der Waals surface area contributed by atoms with E-state index in [0.29, 0.717) is 12.4 Å². The molecule has 98 valence electrons. The first-order valence-electron chi connectivity index (χ1n) is 6.17. The molecule has 2 aromatic rings. The molecule has 19 heavy (non-hydrogen) atoms. The molecule has 0 aromatic heterocycles. The predicted octanol–water partition coefficient (Wildman–Crippen LogP) is 3.99. The lowest BCUT2D eigenvalue weighted by molar-refractivity contribution is 0.321. The third-order valence-electron chi connectivity index (χ3n) is 2.85. The van der Waals surface area contributed by atoms with Gasteiger partial charge in [-0.05, 0) is 36.8 Å². The minimum atomic E-state index is 0.507. The van der Waals surface area contributed by atoms with Crippen LogP contribution >= 0.6 is 0 Å². The predicted molar refractivity (Wildman–Crippen MR) is 78.3 cm³/mol. The van der Waals surface area contributed by atoms with Gasteiger partial charge >= 0.3 is 0 Å². The lowest BCUT2D eigenvalue weighted by Crippen LogP contribution is -1.98. The fraction of sp³-hybridized carbons (Fsp3) is 0.188. The highest BCUT2D eigenvalue weighted by molar-refractivity contribution is 6.02. The molecule has 0 radical (unpaired) electrons. The Bertz CT molecular complexity index is 626. The van der Waals surface area contributed by atoms with E-state index in [1.54, 1.807) is 0 Å². The van der Waals surface area contributed by atoms with Crippen molar-refractivity contribution in [3.63, 3.8) is 0 Å². The van der Waals surface area contributed by atoms with Crippen LogP contribution < -0.4 is 4.74 Å². The number of ether oxygens (including phenoxy) is 1. The molecule has 0 spiro atoms. The summed E-state index contributed by atoms with van der Waals surface area (Å²) in [5.74, 6) is 0.717. The van der Waals surface area contributed by atoms with Gasteiger partial charge in [-0.15, -0.1) is 0 Å². The summed E-state index contributed by atoms with van der Waals surface area (Å²) in [4.78, 5) is 0. The van der Waals surface area contributed by atoms with E-state index in [9.17, 15) is 0 Å². The van der Waals surface area contributed by atoms with Crippen molar-refractivity contribution in [2.75, 3.05) is 6.61 Å². The van der Waals surface area contributed by atoms with E-state index < -0.39 is 0 Å². The summed E-state index contributed by atoms with van der Waals surface area (Å²) in [5, 5.41) is 14.1. The van der Waals surface area contributed by atoms with Crippen LogP contribution in [0.2, 0.25) is 0 Å². The van der Waals surface area contributed by atoms with E-state index in [1.165, 1.54) is 11.8 Å². The number of hydrogen-bond donors (Lipinski definition) is 1. The van der Waals surface area contributed by atoms with Gasteiger partial charge in [0.15, 0.2) is 0 Å². The minimum absolute atomic E-state index is 0.507. The van der Waals surface area contributed by atoms with Crippen molar-refractivity contribution in [3.05, 3.63) is 53.6 Å². The third-order valence-corrected chi connectivity index (χ3v) is 2.85. The maximum atomic E-state index is 8.82. The summed E-state index contributed by atoms with van der Waals surface area (Å²) in [6.07, 6.45) is 3.43. The number of allylic oxidation sites excluding steroid dienone is 1. The molecule has 0 fully saturated rings. The van der Waals surface area contributed by atoms with Gasteiger partial charge in [-0.2, -0.15) is 0 Å². The van der Waals surface area contributed by atoms with Crippen LogP contribution in [0.4, 0.5) is 0 Å². The van der Waals surface area contributed by atoms with E-state index in [-0.39, 0.29) is 0 Å². The lowest BCUT2D eigenvalue weighted by atomic mass is 10.0. The molecule has 3 nitrogen and oxygen atoms in total. The Morgan fingerprint density at radius 3 is 2.74 bits per heavy atom. The summed E-state index contributed by atoms with van der Waals surface area (Å²) < 4.78 is 5.73. The van der Waals surface area contributed by atoms with Crippen molar-refractivity contribution in [3.8, 4) is 5.75 Å². The molecule has 0 amide bonds. The second-order valence-electron chi connectivity index (χ2n) is 4.54. The second-order valence-corrected chi connectivity index (χ2v) is 4.54. The van der Waals surface area contributed by atoms with Crippen molar-refractivity contribution < 1.29 is 9.94 Å². The summed E-state index contributed by atoms with van der Waals surface area (Å²) >= 11 is 0. The molecule has 0 aliphatic heterocycles. The Hall–Kier alpha value is -2.29. The molecular weight excluding hydrogens is 238 g/mol. The number of oxime groups is 1. The second kappa shape index (κ2) is 6.05. The first-order valence-corrected chi connectivity index (χ1v) is 6.17. The lowest BCUT2D eigenvalue weighted by Gasteiger charge is -2.10. The fourth-order valence-corrected chi connectivity index (χ4v) is 1.89. The van der Waals surface area contributed by atoms with Crippen LogP contribution in [-0.4, -0.2) is 18.0 Å². The molecule has 0 saturated heterocycles. The molecule has 1 N–H and O–H groups in total. The molecular formula is C16H17NO2. The van der Waals surface area contributed by atoms with E-state index in [4.69, 9.17) is 9.94 Å². The van der Waals surface area contributed by atoms with Crippen LogP contribution in [-0.2, 0) is 0 Å². The first-order chi connectivity index (χ1) is 9.22. The van der Waals surface area contributed by atoms with E-state index in [2.05, 4.69) is 5.16 Å². The number of rotatable bonds is 4.